The predicted octanol–water partition coefficient (Wildman–Crippen LogP) is 1.88. The summed E-state index contributed by atoms with van der Waals surface area (Å²) in [6.45, 7) is 0. The number of methoxy groups -OCH3 is 1. The van der Waals surface area contributed by atoms with Gasteiger partial charge < -0.3 is 10.5 Å². The van der Waals surface area contributed by atoms with E-state index >= 15 is 0 Å². The first kappa shape index (κ1) is 9.86. The van der Waals surface area contributed by atoms with Crippen LogP contribution < -0.4 is 10.5 Å². The SMILES string of the molecule is COc1ccc2ccncc2c1C(N)=S. The average Bonchev–Trinajstić information content (AvgIpc) is 2.27. The van der Waals surface area contributed by atoms with Crippen LogP contribution in [0.1, 0.15) is 5.56 Å². The smallest absolute Gasteiger partial charge is 0.129 e. The Kier molecular flexibility index (Phi) is 2.51. The van der Waals surface area contributed by atoms with Crippen LogP contribution in [0.5, 0.6) is 5.75 Å². The largest absolute Gasteiger partial charge is 0.496 e. The van der Waals surface area contributed by atoms with Crippen LogP contribution in [0.4, 0.5) is 0 Å². The minimum Gasteiger partial charge on any atom is -0.496 e. The molecule has 0 aliphatic carbocycles. The van der Waals surface area contributed by atoms with Crippen molar-refractivity contribution in [1.29, 1.82) is 0 Å². The van der Waals surface area contributed by atoms with E-state index in [0.29, 0.717) is 10.7 Å². The summed E-state index contributed by atoms with van der Waals surface area (Å²) in [6, 6.07) is 5.73. The molecule has 2 aromatic rings. The van der Waals surface area contributed by atoms with Crippen LogP contribution in [0.2, 0.25) is 0 Å². The van der Waals surface area contributed by atoms with Gasteiger partial charge in [-0.1, -0.05) is 18.3 Å². The summed E-state index contributed by atoms with van der Waals surface area (Å²) in [5.74, 6) is 0.683. The molecule has 76 valence electrons. The zero-order valence-electron chi connectivity index (χ0n) is 8.23. The number of nitrogens with two attached hydrogens (primary N) is 1. The highest BCUT2D eigenvalue weighted by Gasteiger charge is 2.10. The molecule has 0 aliphatic heterocycles. The molecule has 0 aliphatic rings. The van der Waals surface area contributed by atoms with Gasteiger partial charge >= 0.3 is 0 Å². The highest BCUT2D eigenvalue weighted by Crippen LogP contribution is 2.26. The van der Waals surface area contributed by atoms with E-state index in [0.717, 1.165) is 16.3 Å². The molecule has 3 nitrogen and oxygen atoms in total. The first-order valence-electron chi connectivity index (χ1n) is 4.44. The van der Waals surface area contributed by atoms with Gasteiger partial charge in [-0.05, 0) is 17.5 Å². The molecular weight excluding hydrogens is 208 g/mol. The van der Waals surface area contributed by atoms with Crippen molar-refractivity contribution in [3.8, 4) is 5.75 Å². The van der Waals surface area contributed by atoms with Gasteiger partial charge in [0.1, 0.15) is 10.7 Å². The highest BCUT2D eigenvalue weighted by molar-refractivity contribution is 7.80. The van der Waals surface area contributed by atoms with Gasteiger partial charge in [0.05, 0.1) is 12.7 Å². The minimum absolute atomic E-state index is 0.324. The van der Waals surface area contributed by atoms with Crippen LogP contribution >= 0.6 is 12.2 Å². The van der Waals surface area contributed by atoms with E-state index in [1.807, 2.05) is 18.2 Å². The Labute approximate surface area is 92.9 Å². The number of thiocarbonyl (C=S) groups is 1. The Morgan fingerprint density at radius 1 is 1.40 bits per heavy atom. The zero-order chi connectivity index (χ0) is 10.8. The number of pyridine rings is 1. The average molecular weight is 218 g/mol. The summed E-state index contributed by atoms with van der Waals surface area (Å²) in [5, 5.41) is 1.97. The number of benzene rings is 1. The van der Waals surface area contributed by atoms with Crippen LogP contribution in [-0.2, 0) is 0 Å². The maximum Gasteiger partial charge on any atom is 0.129 e. The van der Waals surface area contributed by atoms with E-state index in [2.05, 4.69) is 4.98 Å². The molecule has 1 aromatic carbocycles. The summed E-state index contributed by atoms with van der Waals surface area (Å²) >= 11 is 5.01. The van der Waals surface area contributed by atoms with Crippen molar-refractivity contribution in [2.24, 2.45) is 5.73 Å². The fourth-order valence-corrected chi connectivity index (χ4v) is 1.78. The summed E-state index contributed by atoms with van der Waals surface area (Å²) < 4.78 is 5.22. The van der Waals surface area contributed by atoms with Gasteiger partial charge in [-0.25, -0.2) is 0 Å². The lowest BCUT2D eigenvalue weighted by Crippen LogP contribution is -2.11. The Bertz CT molecular complexity index is 525. The third kappa shape index (κ3) is 1.64. The van der Waals surface area contributed by atoms with Crippen molar-refractivity contribution in [3.63, 3.8) is 0 Å². The standard InChI is InChI=1S/C11H10N2OS/c1-14-9-3-2-7-4-5-13-6-8(7)10(9)11(12)15/h2-6H,1H3,(H2,12,15). The minimum atomic E-state index is 0.324. The lowest BCUT2D eigenvalue weighted by atomic mass is 10.1. The molecule has 15 heavy (non-hydrogen) atoms. The molecule has 1 heterocycles. The molecule has 0 bridgehead atoms. The van der Waals surface area contributed by atoms with Crippen LogP contribution in [0.3, 0.4) is 0 Å². The molecule has 0 amide bonds. The third-order valence-corrected chi connectivity index (χ3v) is 2.46. The number of ether oxygens (including phenoxy) is 1. The Hall–Kier alpha value is -1.68. The van der Waals surface area contributed by atoms with Crippen molar-refractivity contribution in [2.75, 3.05) is 7.11 Å². The Morgan fingerprint density at radius 3 is 2.87 bits per heavy atom. The van der Waals surface area contributed by atoms with Crippen molar-refractivity contribution >= 4 is 28.0 Å². The number of fused-ring (bicyclic) bond motifs is 1. The lowest BCUT2D eigenvalue weighted by Gasteiger charge is -2.09. The molecule has 0 unspecified atom stereocenters. The maximum atomic E-state index is 5.68. The fraction of sp³-hybridized carbons (Fsp3) is 0.0909. The van der Waals surface area contributed by atoms with E-state index in [1.54, 1.807) is 19.5 Å². The predicted molar refractivity (Wildman–Crippen MR) is 64.2 cm³/mol. The molecule has 2 rings (SSSR count). The molecule has 0 fully saturated rings. The molecule has 0 saturated heterocycles. The van der Waals surface area contributed by atoms with Crippen LogP contribution in [0, 0.1) is 0 Å². The lowest BCUT2D eigenvalue weighted by molar-refractivity contribution is 0.414. The van der Waals surface area contributed by atoms with Gasteiger partial charge in [0.15, 0.2) is 0 Å². The van der Waals surface area contributed by atoms with E-state index in [-0.39, 0.29) is 0 Å². The van der Waals surface area contributed by atoms with E-state index in [4.69, 9.17) is 22.7 Å². The van der Waals surface area contributed by atoms with Crippen LogP contribution in [0.25, 0.3) is 10.8 Å². The maximum absolute atomic E-state index is 5.68. The summed E-state index contributed by atoms with van der Waals surface area (Å²) in [7, 11) is 1.60. The summed E-state index contributed by atoms with van der Waals surface area (Å²) in [5.41, 5.74) is 6.43. The number of hydrogen-bond acceptors (Lipinski definition) is 3. The first-order chi connectivity index (χ1) is 7.24. The van der Waals surface area contributed by atoms with E-state index in [1.165, 1.54) is 0 Å². The van der Waals surface area contributed by atoms with Gasteiger partial charge in [-0.15, -0.1) is 0 Å². The molecule has 1 aromatic heterocycles. The van der Waals surface area contributed by atoms with Gasteiger partial charge in [0.2, 0.25) is 0 Å². The van der Waals surface area contributed by atoms with Crippen molar-refractivity contribution in [2.45, 2.75) is 0 Å². The third-order valence-electron chi connectivity index (χ3n) is 2.25. The van der Waals surface area contributed by atoms with Gasteiger partial charge in [0.25, 0.3) is 0 Å². The van der Waals surface area contributed by atoms with E-state index in [9.17, 15) is 0 Å². The number of aromatic nitrogens is 1. The summed E-state index contributed by atoms with van der Waals surface area (Å²) in [4.78, 5) is 4.39. The molecule has 2 N–H and O–H groups in total. The zero-order valence-corrected chi connectivity index (χ0v) is 9.04. The number of rotatable bonds is 2. The van der Waals surface area contributed by atoms with Gasteiger partial charge in [-0.2, -0.15) is 0 Å². The van der Waals surface area contributed by atoms with Gasteiger partial charge in [0, 0.05) is 17.8 Å². The van der Waals surface area contributed by atoms with Crippen molar-refractivity contribution in [1.82, 2.24) is 4.98 Å². The number of nitrogens with zero attached hydrogens (tertiary/aromatic N) is 1. The summed E-state index contributed by atoms with van der Waals surface area (Å²) in [6.07, 6.45) is 3.48. The fourth-order valence-electron chi connectivity index (χ4n) is 1.57. The van der Waals surface area contributed by atoms with Gasteiger partial charge in [-0.3, -0.25) is 4.98 Å². The Balaban J connectivity index is 2.85. The first-order valence-corrected chi connectivity index (χ1v) is 4.85. The Morgan fingerprint density at radius 2 is 2.20 bits per heavy atom. The number of hydrogen-bond donors (Lipinski definition) is 1. The second-order valence-electron chi connectivity index (χ2n) is 3.10. The molecule has 0 atom stereocenters. The molecule has 0 spiro atoms. The van der Waals surface area contributed by atoms with E-state index < -0.39 is 0 Å². The second kappa shape index (κ2) is 3.82. The van der Waals surface area contributed by atoms with Crippen LogP contribution in [0.15, 0.2) is 30.6 Å². The quantitative estimate of drug-likeness (QED) is 0.782. The van der Waals surface area contributed by atoms with Crippen molar-refractivity contribution < 1.29 is 4.74 Å². The van der Waals surface area contributed by atoms with Crippen molar-refractivity contribution in [3.05, 3.63) is 36.2 Å². The normalized spacial score (nSPS) is 10.2. The monoisotopic (exact) mass is 218 g/mol. The molecule has 0 radical (unpaired) electrons. The highest BCUT2D eigenvalue weighted by atomic mass is 32.1. The molecule has 4 heteroatoms. The second-order valence-corrected chi connectivity index (χ2v) is 3.54. The molecular formula is C11H10N2OS. The topological polar surface area (TPSA) is 48.1 Å². The van der Waals surface area contributed by atoms with Crippen LogP contribution in [-0.4, -0.2) is 17.1 Å². The molecule has 0 saturated carbocycles.